The second-order valence-corrected chi connectivity index (χ2v) is 4.51. The lowest BCUT2D eigenvalue weighted by Crippen LogP contribution is -2.38. The largest absolute Gasteiger partial charge is 0.387 e. The topological polar surface area (TPSA) is 32.3 Å². The first-order chi connectivity index (χ1) is 7.68. The second kappa shape index (κ2) is 4.93. The molecule has 1 saturated heterocycles. The van der Waals surface area contributed by atoms with Crippen LogP contribution >= 0.6 is 0 Å². The van der Waals surface area contributed by atoms with Gasteiger partial charge in [-0.3, -0.25) is 0 Å². The summed E-state index contributed by atoms with van der Waals surface area (Å²) >= 11 is 0. The molecule has 0 spiro atoms. The lowest BCUT2D eigenvalue weighted by atomic mass is 9.94. The average Bonchev–Trinajstić information content (AvgIpc) is 2.33. The van der Waals surface area contributed by atoms with Gasteiger partial charge in [-0.15, -0.1) is 0 Å². The first-order valence-corrected chi connectivity index (χ1v) is 5.86. The van der Waals surface area contributed by atoms with Crippen LogP contribution in [0.25, 0.3) is 0 Å². The molecule has 1 heterocycles. The van der Waals surface area contributed by atoms with E-state index in [1.165, 1.54) is 6.07 Å². The first kappa shape index (κ1) is 11.6. The summed E-state index contributed by atoms with van der Waals surface area (Å²) in [5, 5.41) is 13.4. The molecule has 0 aliphatic carbocycles. The molecule has 1 aliphatic heterocycles. The number of nitrogens with one attached hydrogen (secondary N) is 1. The highest BCUT2D eigenvalue weighted by Crippen LogP contribution is 2.24. The summed E-state index contributed by atoms with van der Waals surface area (Å²) in [5.41, 5.74) is 1.29. The number of benzene rings is 1. The van der Waals surface area contributed by atoms with Crippen molar-refractivity contribution in [1.29, 1.82) is 0 Å². The van der Waals surface area contributed by atoms with Gasteiger partial charge in [0.1, 0.15) is 5.82 Å². The second-order valence-electron chi connectivity index (χ2n) is 4.51. The molecule has 16 heavy (non-hydrogen) atoms. The minimum absolute atomic E-state index is 0.0656. The average molecular weight is 223 g/mol. The fraction of sp³-hybridized carbons (Fsp3) is 0.538. The third-order valence-corrected chi connectivity index (χ3v) is 3.27. The summed E-state index contributed by atoms with van der Waals surface area (Å²) in [6, 6.07) is 5.03. The molecule has 0 aromatic heterocycles. The van der Waals surface area contributed by atoms with Crippen LogP contribution in [0.2, 0.25) is 0 Å². The van der Waals surface area contributed by atoms with Gasteiger partial charge in [0.05, 0.1) is 6.10 Å². The van der Waals surface area contributed by atoms with Crippen LogP contribution in [0.1, 0.15) is 36.5 Å². The van der Waals surface area contributed by atoms with Crippen LogP contribution in [0.15, 0.2) is 18.2 Å². The molecule has 2 rings (SSSR count). The van der Waals surface area contributed by atoms with Gasteiger partial charge < -0.3 is 10.4 Å². The molecule has 0 radical (unpaired) electrons. The van der Waals surface area contributed by atoms with E-state index >= 15 is 0 Å². The molecule has 1 aromatic carbocycles. The number of hydrogen-bond acceptors (Lipinski definition) is 2. The van der Waals surface area contributed by atoms with Crippen LogP contribution in [0.5, 0.6) is 0 Å². The number of aliphatic hydroxyl groups excluding tert-OH is 1. The molecule has 2 unspecified atom stereocenters. The van der Waals surface area contributed by atoms with Crippen molar-refractivity contribution in [3.05, 3.63) is 35.1 Å². The zero-order valence-corrected chi connectivity index (χ0v) is 9.54. The fourth-order valence-corrected chi connectivity index (χ4v) is 2.17. The van der Waals surface area contributed by atoms with E-state index in [0.29, 0.717) is 11.1 Å². The minimum Gasteiger partial charge on any atom is -0.387 e. The van der Waals surface area contributed by atoms with Crippen molar-refractivity contribution in [3.8, 4) is 0 Å². The highest BCUT2D eigenvalue weighted by Gasteiger charge is 2.22. The number of piperidine rings is 1. The van der Waals surface area contributed by atoms with Crippen molar-refractivity contribution in [2.24, 2.45) is 0 Å². The highest BCUT2D eigenvalue weighted by molar-refractivity contribution is 5.25. The SMILES string of the molecule is Cc1ccc(C(O)C2CCCCN2)cc1F. The van der Waals surface area contributed by atoms with Gasteiger partial charge in [-0.1, -0.05) is 18.6 Å². The molecule has 0 amide bonds. The van der Waals surface area contributed by atoms with Crippen LogP contribution in [-0.4, -0.2) is 17.7 Å². The first-order valence-electron chi connectivity index (χ1n) is 5.86. The van der Waals surface area contributed by atoms with E-state index in [0.717, 1.165) is 25.8 Å². The molecule has 3 heteroatoms. The molecule has 1 aliphatic rings. The standard InChI is InChI=1S/C13H18FNO/c1-9-5-6-10(8-11(9)14)13(16)12-4-2-3-7-15-12/h5-6,8,12-13,15-16H,2-4,7H2,1H3. The highest BCUT2D eigenvalue weighted by atomic mass is 19.1. The van der Waals surface area contributed by atoms with E-state index in [-0.39, 0.29) is 11.9 Å². The van der Waals surface area contributed by atoms with E-state index in [1.807, 2.05) is 0 Å². The minimum atomic E-state index is -0.601. The zero-order valence-electron chi connectivity index (χ0n) is 9.54. The quantitative estimate of drug-likeness (QED) is 0.806. The third kappa shape index (κ3) is 2.42. The van der Waals surface area contributed by atoms with E-state index in [9.17, 15) is 9.50 Å². The van der Waals surface area contributed by atoms with Crippen LogP contribution in [0.4, 0.5) is 4.39 Å². The van der Waals surface area contributed by atoms with Crippen molar-refractivity contribution >= 4 is 0 Å². The van der Waals surface area contributed by atoms with Crippen LogP contribution in [0.3, 0.4) is 0 Å². The maximum Gasteiger partial charge on any atom is 0.126 e. The summed E-state index contributed by atoms with van der Waals surface area (Å²) in [6.07, 6.45) is 2.64. The number of hydrogen-bond donors (Lipinski definition) is 2. The Hall–Kier alpha value is -0.930. The maximum absolute atomic E-state index is 13.4. The van der Waals surface area contributed by atoms with Crippen molar-refractivity contribution in [1.82, 2.24) is 5.32 Å². The number of aliphatic hydroxyl groups is 1. The molecule has 2 N–H and O–H groups in total. The lowest BCUT2D eigenvalue weighted by Gasteiger charge is -2.28. The Morgan fingerprint density at radius 2 is 2.25 bits per heavy atom. The van der Waals surface area contributed by atoms with E-state index in [2.05, 4.69) is 5.32 Å². The van der Waals surface area contributed by atoms with Gasteiger partial charge in [-0.05, 0) is 43.5 Å². The van der Waals surface area contributed by atoms with E-state index in [4.69, 9.17) is 0 Å². The zero-order chi connectivity index (χ0) is 11.5. The van der Waals surface area contributed by atoms with Gasteiger partial charge in [-0.2, -0.15) is 0 Å². The molecule has 1 fully saturated rings. The molecule has 2 atom stereocenters. The van der Waals surface area contributed by atoms with Gasteiger partial charge in [0.15, 0.2) is 0 Å². The van der Waals surface area contributed by atoms with Gasteiger partial charge in [0, 0.05) is 6.04 Å². The molecule has 0 bridgehead atoms. The molecule has 1 aromatic rings. The molecule has 0 saturated carbocycles. The molecule has 2 nitrogen and oxygen atoms in total. The van der Waals surface area contributed by atoms with Crippen molar-refractivity contribution in [2.75, 3.05) is 6.54 Å². The van der Waals surface area contributed by atoms with Crippen LogP contribution < -0.4 is 5.32 Å². The molecular weight excluding hydrogens is 205 g/mol. The fourth-order valence-electron chi connectivity index (χ4n) is 2.17. The monoisotopic (exact) mass is 223 g/mol. The number of rotatable bonds is 2. The summed E-state index contributed by atoms with van der Waals surface area (Å²) in [5.74, 6) is -0.243. The van der Waals surface area contributed by atoms with E-state index in [1.54, 1.807) is 19.1 Å². The number of aryl methyl sites for hydroxylation is 1. The smallest absolute Gasteiger partial charge is 0.126 e. The lowest BCUT2D eigenvalue weighted by molar-refractivity contribution is 0.113. The normalized spacial score (nSPS) is 23.1. The predicted octanol–water partition coefficient (Wildman–Crippen LogP) is 2.31. The Kier molecular flexibility index (Phi) is 3.56. The van der Waals surface area contributed by atoms with Crippen LogP contribution in [-0.2, 0) is 0 Å². The third-order valence-electron chi connectivity index (χ3n) is 3.27. The molecular formula is C13H18FNO. The Labute approximate surface area is 95.5 Å². The van der Waals surface area contributed by atoms with Gasteiger partial charge >= 0.3 is 0 Å². The van der Waals surface area contributed by atoms with Crippen molar-refractivity contribution in [3.63, 3.8) is 0 Å². The Balaban J connectivity index is 2.12. The molecule has 88 valence electrons. The Morgan fingerprint density at radius 3 is 2.88 bits per heavy atom. The summed E-state index contributed by atoms with van der Waals surface area (Å²) < 4.78 is 13.4. The summed E-state index contributed by atoms with van der Waals surface area (Å²) in [6.45, 7) is 2.67. The predicted molar refractivity (Wildman–Crippen MR) is 61.7 cm³/mol. The van der Waals surface area contributed by atoms with Gasteiger partial charge in [-0.25, -0.2) is 4.39 Å². The Morgan fingerprint density at radius 1 is 1.44 bits per heavy atom. The maximum atomic E-state index is 13.4. The van der Waals surface area contributed by atoms with Crippen molar-refractivity contribution < 1.29 is 9.50 Å². The summed E-state index contributed by atoms with van der Waals surface area (Å²) in [7, 11) is 0. The van der Waals surface area contributed by atoms with Crippen molar-refractivity contribution in [2.45, 2.75) is 38.3 Å². The van der Waals surface area contributed by atoms with Gasteiger partial charge in [0.2, 0.25) is 0 Å². The van der Waals surface area contributed by atoms with Gasteiger partial charge in [0.25, 0.3) is 0 Å². The van der Waals surface area contributed by atoms with Crippen LogP contribution in [0, 0.1) is 12.7 Å². The Bertz CT molecular complexity index is 361. The summed E-state index contributed by atoms with van der Waals surface area (Å²) in [4.78, 5) is 0. The van der Waals surface area contributed by atoms with E-state index < -0.39 is 6.10 Å². The number of halogens is 1.